The van der Waals surface area contributed by atoms with Crippen LogP contribution in [0.25, 0.3) is 11.2 Å². The van der Waals surface area contributed by atoms with Gasteiger partial charge >= 0.3 is 5.69 Å². The number of imidazole rings is 1. The molecule has 2 aromatic rings. The second-order valence-electron chi connectivity index (χ2n) is 4.69. The van der Waals surface area contributed by atoms with E-state index in [1.807, 2.05) is 0 Å². The Morgan fingerprint density at radius 1 is 1.42 bits per heavy atom. The minimum absolute atomic E-state index is 0.175. The number of hydrogen-bond donors (Lipinski definition) is 1. The molecular weight excluding hydrogens is 312 g/mol. The molecule has 8 heteroatoms. The van der Waals surface area contributed by atoms with Gasteiger partial charge in [0.2, 0.25) is 0 Å². The van der Waals surface area contributed by atoms with E-state index in [-0.39, 0.29) is 23.6 Å². The van der Waals surface area contributed by atoms with Gasteiger partial charge in [-0.05, 0) is 39.7 Å². The van der Waals surface area contributed by atoms with Crippen molar-refractivity contribution < 1.29 is 29.0 Å². The summed E-state index contributed by atoms with van der Waals surface area (Å²) in [5, 5.41) is 10.6. The van der Waals surface area contributed by atoms with Crippen molar-refractivity contribution in [2.24, 2.45) is 7.05 Å². The normalized spacial score (nSPS) is 24.3. The van der Waals surface area contributed by atoms with Crippen molar-refractivity contribution in [1.82, 2.24) is 18.7 Å². The number of rotatable bonds is 8. The summed E-state index contributed by atoms with van der Waals surface area (Å²) in [6, 6.07) is 0. The predicted octanol–water partition coefficient (Wildman–Crippen LogP) is 0.832. The van der Waals surface area contributed by atoms with Gasteiger partial charge in [0.15, 0.2) is 11.2 Å². The Bertz CT molecular complexity index is 1310. The van der Waals surface area contributed by atoms with Crippen LogP contribution in [0.4, 0.5) is 0 Å². The van der Waals surface area contributed by atoms with Crippen LogP contribution in [-0.2, 0) is 25.0 Å². The fourth-order valence-electron chi connectivity index (χ4n) is 1.86. The lowest BCUT2D eigenvalue weighted by molar-refractivity contribution is 0.0678. The van der Waals surface area contributed by atoms with Crippen molar-refractivity contribution in [2.75, 3.05) is 6.61 Å². The van der Waals surface area contributed by atoms with E-state index in [2.05, 4.69) is 4.98 Å². The third-order valence-electron chi connectivity index (χ3n) is 2.93. The van der Waals surface area contributed by atoms with Crippen LogP contribution >= 0.6 is 0 Å². The average molecular weight is 352 g/mol. The smallest absolute Gasteiger partial charge is 0.332 e. The molecule has 0 aromatic carbocycles. The van der Waals surface area contributed by atoms with Gasteiger partial charge in [-0.2, -0.15) is 0 Å². The van der Waals surface area contributed by atoms with Crippen LogP contribution in [0.15, 0.2) is 15.9 Å². The Hall–Kier alpha value is -1.93. The van der Waals surface area contributed by atoms with Crippen LogP contribution in [0.1, 0.15) is 58.9 Å². The van der Waals surface area contributed by atoms with E-state index < -0.39 is 61.7 Å². The number of aromatic nitrogens is 4. The summed E-state index contributed by atoms with van der Waals surface area (Å²) in [7, 11) is 1.04. The molecule has 0 aliphatic rings. The van der Waals surface area contributed by atoms with Crippen LogP contribution < -0.4 is 11.2 Å². The SMILES string of the molecule is [2H]C([2H])([2H])C(O)(C([2H])([2H])[2H])C([2H])([2H])C([2H])([2H])C([2H])([2H])C([2H])([2H])n1c(=O)c2c(ncn2COCC)n(C)c1=O. The van der Waals surface area contributed by atoms with Gasteiger partial charge in [0.25, 0.3) is 5.56 Å². The van der Waals surface area contributed by atoms with Crippen LogP contribution in [0.2, 0.25) is 0 Å². The van der Waals surface area contributed by atoms with Crippen LogP contribution in [0.5, 0.6) is 0 Å². The zero-order valence-corrected chi connectivity index (χ0v) is 13.0. The van der Waals surface area contributed by atoms with Crippen LogP contribution in [-0.4, -0.2) is 36.0 Å². The number of nitrogens with zero attached hydrogens (tertiary/aromatic N) is 4. The summed E-state index contributed by atoms with van der Waals surface area (Å²) in [6.07, 6.45) is -12.4. The molecule has 0 unspecified atom stereocenters. The van der Waals surface area contributed by atoms with E-state index >= 15 is 0 Å². The first-order valence-electron chi connectivity index (χ1n) is 13.8. The topological polar surface area (TPSA) is 91.3 Å². The minimum atomic E-state index is -4.57. The highest BCUT2D eigenvalue weighted by molar-refractivity contribution is 5.69. The lowest BCUT2D eigenvalue weighted by atomic mass is 10.0. The lowest BCUT2D eigenvalue weighted by Crippen LogP contribution is -2.39. The van der Waals surface area contributed by atoms with Crippen molar-refractivity contribution in [1.29, 1.82) is 0 Å². The maximum absolute atomic E-state index is 13.3. The Kier molecular flexibility index (Phi) is 2.17. The quantitative estimate of drug-likeness (QED) is 0.760. The lowest BCUT2D eigenvalue weighted by Gasteiger charge is -2.16. The Labute approximate surface area is 160 Å². The standard InChI is InChI=1S/C16H26N4O4/c1-5-24-11-19-10-17-13-12(19)14(21)20(15(22)18(13)4)9-7-6-8-16(2,3)23/h10,23H,5-9,11H2,1-4H3/i2D3,3D3,6D2,7D2,8D2,9D2. The van der Waals surface area contributed by atoms with Gasteiger partial charge in [0.05, 0.1) is 14.7 Å². The summed E-state index contributed by atoms with van der Waals surface area (Å²) >= 11 is 0. The zero-order chi connectivity index (χ0) is 30.1. The molecule has 0 aliphatic heterocycles. The summed E-state index contributed by atoms with van der Waals surface area (Å²) in [5.74, 6) is 0. The maximum atomic E-state index is 13.3. The molecule has 0 saturated heterocycles. The predicted molar refractivity (Wildman–Crippen MR) is 91.0 cm³/mol. The van der Waals surface area contributed by atoms with Crippen LogP contribution in [0.3, 0.4) is 0 Å². The monoisotopic (exact) mass is 352 g/mol. The number of aliphatic hydroxyl groups is 1. The van der Waals surface area contributed by atoms with E-state index in [1.54, 1.807) is 6.92 Å². The first-order valence-corrected chi connectivity index (χ1v) is 6.76. The average Bonchev–Trinajstić information content (AvgIpc) is 3.17. The number of ether oxygens (including phenoxy) is 1. The molecule has 2 heterocycles. The highest BCUT2D eigenvalue weighted by atomic mass is 16.5. The first kappa shape index (κ1) is 7.13. The molecule has 0 radical (unpaired) electrons. The fraction of sp³-hybridized carbons (Fsp3) is 0.688. The fourth-order valence-corrected chi connectivity index (χ4v) is 1.86. The summed E-state index contributed by atoms with van der Waals surface area (Å²) in [6.45, 7) is -11.0. The molecule has 0 saturated carbocycles. The number of aryl methyl sites for hydroxylation is 1. The number of hydrogen-bond acceptors (Lipinski definition) is 5. The Morgan fingerprint density at radius 2 is 2.17 bits per heavy atom. The van der Waals surface area contributed by atoms with E-state index in [9.17, 15) is 14.7 Å². The summed E-state index contributed by atoms with van der Waals surface area (Å²) < 4.78 is 117. The zero-order valence-electron chi connectivity index (χ0n) is 27.0. The highest BCUT2D eigenvalue weighted by Gasteiger charge is 2.16. The van der Waals surface area contributed by atoms with Crippen molar-refractivity contribution in [3.63, 3.8) is 0 Å². The Balaban J connectivity index is 2.93. The maximum Gasteiger partial charge on any atom is 0.332 e. The third-order valence-corrected chi connectivity index (χ3v) is 2.93. The summed E-state index contributed by atoms with van der Waals surface area (Å²) in [5.41, 5.74) is -8.37. The minimum Gasteiger partial charge on any atom is -0.390 e. The molecule has 0 spiro atoms. The largest absolute Gasteiger partial charge is 0.390 e. The molecule has 0 amide bonds. The first-order chi connectivity index (χ1) is 16.8. The Morgan fingerprint density at radius 3 is 2.83 bits per heavy atom. The molecule has 0 atom stereocenters. The molecule has 8 nitrogen and oxygen atoms in total. The van der Waals surface area contributed by atoms with Crippen molar-refractivity contribution >= 4 is 11.2 Å². The van der Waals surface area contributed by atoms with Gasteiger partial charge < -0.3 is 14.4 Å². The van der Waals surface area contributed by atoms with Gasteiger partial charge in [-0.1, -0.05) is 0 Å². The van der Waals surface area contributed by atoms with Gasteiger partial charge in [-0.15, -0.1) is 0 Å². The van der Waals surface area contributed by atoms with Gasteiger partial charge in [-0.3, -0.25) is 13.9 Å². The second-order valence-corrected chi connectivity index (χ2v) is 4.69. The van der Waals surface area contributed by atoms with Crippen LogP contribution in [0, 0.1) is 0 Å². The van der Waals surface area contributed by atoms with E-state index in [0.29, 0.717) is 4.57 Å². The molecule has 0 bridgehead atoms. The van der Waals surface area contributed by atoms with Gasteiger partial charge in [0, 0.05) is 36.6 Å². The molecule has 1 N–H and O–H groups in total. The number of fused-ring (bicyclic) bond motifs is 1. The van der Waals surface area contributed by atoms with E-state index in [4.69, 9.17) is 23.9 Å². The highest BCUT2D eigenvalue weighted by Crippen LogP contribution is 2.12. The van der Waals surface area contributed by atoms with Crippen molar-refractivity contribution in [3.05, 3.63) is 27.2 Å². The molecule has 0 fully saturated rings. The van der Waals surface area contributed by atoms with Crippen molar-refractivity contribution in [3.8, 4) is 0 Å². The molecule has 134 valence electrons. The van der Waals surface area contributed by atoms with Gasteiger partial charge in [-0.25, -0.2) is 9.78 Å². The van der Waals surface area contributed by atoms with E-state index in [0.717, 1.165) is 17.9 Å². The van der Waals surface area contributed by atoms with Crippen molar-refractivity contribution in [2.45, 2.75) is 58.6 Å². The van der Waals surface area contributed by atoms with Gasteiger partial charge in [0.1, 0.15) is 6.73 Å². The molecule has 2 rings (SSSR count). The van der Waals surface area contributed by atoms with E-state index in [1.165, 1.54) is 0 Å². The molecule has 24 heavy (non-hydrogen) atoms. The second kappa shape index (κ2) is 7.31. The summed E-state index contributed by atoms with van der Waals surface area (Å²) in [4.78, 5) is 30.2. The molecule has 2 aromatic heterocycles. The molecule has 0 aliphatic carbocycles. The molecular formula is C16H26N4O4. The third kappa shape index (κ3) is 3.93.